The summed E-state index contributed by atoms with van der Waals surface area (Å²) in [7, 11) is 0. The van der Waals surface area contributed by atoms with Crippen molar-refractivity contribution in [1.82, 2.24) is 4.90 Å². The van der Waals surface area contributed by atoms with Gasteiger partial charge >= 0.3 is 0 Å². The summed E-state index contributed by atoms with van der Waals surface area (Å²) >= 11 is 0. The van der Waals surface area contributed by atoms with E-state index >= 15 is 0 Å². The van der Waals surface area contributed by atoms with E-state index in [0.29, 0.717) is 0 Å². The minimum Gasteiger partial charge on any atom is -0.330 e. The van der Waals surface area contributed by atoms with Crippen LogP contribution in [0.25, 0.3) is 0 Å². The Hall–Kier alpha value is -0.0800. The zero-order valence-corrected chi connectivity index (χ0v) is 11.0. The number of nitrogens with two attached hydrogens (primary N) is 1. The van der Waals surface area contributed by atoms with Crippen LogP contribution in [0.2, 0.25) is 0 Å². The third-order valence-corrected chi connectivity index (χ3v) is 4.88. The van der Waals surface area contributed by atoms with E-state index in [4.69, 9.17) is 5.73 Å². The smallest absolute Gasteiger partial charge is 0.00103 e. The van der Waals surface area contributed by atoms with Crippen molar-refractivity contribution in [2.45, 2.75) is 39.5 Å². The first-order chi connectivity index (χ1) is 7.69. The fourth-order valence-electron chi connectivity index (χ4n) is 3.41. The maximum Gasteiger partial charge on any atom is 0.00103 e. The van der Waals surface area contributed by atoms with Gasteiger partial charge in [-0.1, -0.05) is 13.8 Å². The van der Waals surface area contributed by atoms with Crippen LogP contribution in [-0.2, 0) is 0 Å². The zero-order chi connectivity index (χ0) is 11.5. The molecule has 1 aliphatic heterocycles. The summed E-state index contributed by atoms with van der Waals surface area (Å²) < 4.78 is 0. The van der Waals surface area contributed by atoms with Gasteiger partial charge in [0.25, 0.3) is 0 Å². The van der Waals surface area contributed by atoms with Crippen LogP contribution >= 0.6 is 0 Å². The fraction of sp³-hybridized carbons (Fsp3) is 1.00. The van der Waals surface area contributed by atoms with Gasteiger partial charge < -0.3 is 10.6 Å². The molecule has 0 aromatic rings. The molecule has 1 saturated heterocycles. The quantitative estimate of drug-likeness (QED) is 0.797. The Morgan fingerprint density at radius 1 is 0.938 bits per heavy atom. The van der Waals surface area contributed by atoms with E-state index < -0.39 is 0 Å². The van der Waals surface area contributed by atoms with Gasteiger partial charge in [-0.05, 0) is 55.9 Å². The predicted molar refractivity (Wildman–Crippen MR) is 69.3 cm³/mol. The average molecular weight is 224 g/mol. The molecule has 1 saturated carbocycles. The van der Waals surface area contributed by atoms with Crippen LogP contribution in [0.1, 0.15) is 39.5 Å². The predicted octanol–water partition coefficient (Wildman–Crippen LogP) is 2.34. The van der Waals surface area contributed by atoms with Crippen LogP contribution in [0.5, 0.6) is 0 Å². The largest absolute Gasteiger partial charge is 0.330 e. The lowest BCUT2D eigenvalue weighted by atomic mass is 9.82. The molecule has 0 bridgehead atoms. The van der Waals surface area contributed by atoms with E-state index in [9.17, 15) is 0 Å². The topological polar surface area (TPSA) is 29.3 Å². The molecule has 2 aliphatic rings. The lowest BCUT2D eigenvalue weighted by Crippen LogP contribution is -2.31. The molecule has 2 unspecified atom stereocenters. The number of rotatable bonds is 3. The molecule has 0 spiro atoms. The molecule has 1 heterocycles. The highest BCUT2D eigenvalue weighted by Crippen LogP contribution is 2.30. The second-order valence-electron chi connectivity index (χ2n) is 6.30. The highest BCUT2D eigenvalue weighted by Gasteiger charge is 2.29. The molecule has 2 atom stereocenters. The molecule has 2 N–H and O–H groups in total. The van der Waals surface area contributed by atoms with Gasteiger partial charge in [0.15, 0.2) is 0 Å². The summed E-state index contributed by atoms with van der Waals surface area (Å²) in [6.45, 7) is 9.72. The van der Waals surface area contributed by atoms with Gasteiger partial charge in [-0.15, -0.1) is 0 Å². The van der Waals surface area contributed by atoms with Gasteiger partial charge in [0.2, 0.25) is 0 Å². The summed E-state index contributed by atoms with van der Waals surface area (Å²) in [5.74, 6) is 3.59. The van der Waals surface area contributed by atoms with Crippen molar-refractivity contribution in [2.75, 3.05) is 26.2 Å². The molecule has 0 aromatic heterocycles. The maximum atomic E-state index is 5.74. The molecule has 94 valence electrons. The van der Waals surface area contributed by atoms with Gasteiger partial charge in [-0.25, -0.2) is 0 Å². The van der Waals surface area contributed by atoms with Crippen LogP contribution in [-0.4, -0.2) is 31.1 Å². The van der Waals surface area contributed by atoms with Crippen LogP contribution in [0, 0.1) is 23.7 Å². The van der Waals surface area contributed by atoms with Gasteiger partial charge in [0.05, 0.1) is 0 Å². The van der Waals surface area contributed by atoms with Crippen molar-refractivity contribution in [3.63, 3.8) is 0 Å². The first-order valence-electron chi connectivity index (χ1n) is 7.11. The van der Waals surface area contributed by atoms with Crippen LogP contribution in [0.3, 0.4) is 0 Å². The van der Waals surface area contributed by atoms with Gasteiger partial charge in [-0.2, -0.15) is 0 Å². The maximum absolute atomic E-state index is 5.74. The monoisotopic (exact) mass is 224 g/mol. The highest BCUT2D eigenvalue weighted by atomic mass is 15.2. The van der Waals surface area contributed by atoms with E-state index in [0.717, 1.165) is 30.2 Å². The minimum absolute atomic E-state index is 0.827. The van der Waals surface area contributed by atoms with E-state index in [2.05, 4.69) is 18.7 Å². The van der Waals surface area contributed by atoms with E-state index in [1.165, 1.54) is 45.3 Å². The van der Waals surface area contributed by atoms with E-state index in [1.54, 1.807) is 0 Å². The van der Waals surface area contributed by atoms with Crippen molar-refractivity contribution >= 4 is 0 Å². The van der Waals surface area contributed by atoms with Gasteiger partial charge in [0.1, 0.15) is 0 Å². The standard InChI is InChI=1S/C14H28N2/c1-11-8-16(9-12(11)2)10-14-5-3-13(7-15)4-6-14/h11-14H,3-10,15H2,1-2H3. The van der Waals surface area contributed by atoms with E-state index in [1.807, 2.05) is 0 Å². The summed E-state index contributed by atoms with van der Waals surface area (Å²) in [5, 5.41) is 0. The van der Waals surface area contributed by atoms with Crippen molar-refractivity contribution < 1.29 is 0 Å². The summed E-state index contributed by atoms with van der Waals surface area (Å²) in [6, 6.07) is 0. The number of hydrogen-bond acceptors (Lipinski definition) is 2. The second-order valence-corrected chi connectivity index (χ2v) is 6.30. The molecule has 1 aliphatic carbocycles. The van der Waals surface area contributed by atoms with Gasteiger partial charge in [0, 0.05) is 19.6 Å². The van der Waals surface area contributed by atoms with Crippen LogP contribution in [0.4, 0.5) is 0 Å². The Bertz CT molecular complexity index is 199. The average Bonchev–Trinajstić information content (AvgIpc) is 2.59. The minimum atomic E-state index is 0.827. The van der Waals surface area contributed by atoms with Crippen molar-refractivity contribution in [3.8, 4) is 0 Å². The molecule has 0 amide bonds. The fourth-order valence-corrected chi connectivity index (χ4v) is 3.41. The first kappa shape index (κ1) is 12.4. The highest BCUT2D eigenvalue weighted by molar-refractivity contribution is 4.82. The molecule has 16 heavy (non-hydrogen) atoms. The summed E-state index contributed by atoms with van der Waals surface area (Å²) in [4.78, 5) is 2.70. The third kappa shape index (κ3) is 2.98. The Morgan fingerprint density at radius 2 is 1.44 bits per heavy atom. The third-order valence-electron chi connectivity index (χ3n) is 4.88. The molecule has 0 aromatic carbocycles. The lowest BCUT2D eigenvalue weighted by Gasteiger charge is -2.30. The Morgan fingerprint density at radius 3 is 1.94 bits per heavy atom. The Kier molecular flexibility index (Phi) is 4.26. The zero-order valence-electron chi connectivity index (χ0n) is 11.0. The molecule has 2 nitrogen and oxygen atoms in total. The molecule has 2 rings (SSSR count). The Labute approximate surface area is 101 Å². The van der Waals surface area contributed by atoms with Crippen molar-refractivity contribution in [2.24, 2.45) is 29.4 Å². The van der Waals surface area contributed by atoms with Crippen LogP contribution < -0.4 is 5.73 Å². The molecular formula is C14H28N2. The molecule has 2 fully saturated rings. The molecular weight excluding hydrogens is 196 g/mol. The van der Waals surface area contributed by atoms with Crippen molar-refractivity contribution in [1.29, 1.82) is 0 Å². The summed E-state index contributed by atoms with van der Waals surface area (Å²) in [5.41, 5.74) is 5.74. The second kappa shape index (κ2) is 5.50. The van der Waals surface area contributed by atoms with Crippen molar-refractivity contribution in [3.05, 3.63) is 0 Å². The summed E-state index contributed by atoms with van der Waals surface area (Å²) in [6.07, 6.45) is 5.59. The number of likely N-dealkylation sites (tertiary alicyclic amines) is 1. The van der Waals surface area contributed by atoms with Gasteiger partial charge in [-0.3, -0.25) is 0 Å². The van der Waals surface area contributed by atoms with Crippen LogP contribution in [0.15, 0.2) is 0 Å². The number of nitrogens with zero attached hydrogens (tertiary/aromatic N) is 1. The first-order valence-corrected chi connectivity index (χ1v) is 7.11. The normalized spacial score (nSPS) is 41.4. The molecule has 0 radical (unpaired) electrons. The lowest BCUT2D eigenvalue weighted by molar-refractivity contribution is 0.201. The molecule has 2 heteroatoms. The van der Waals surface area contributed by atoms with E-state index in [-0.39, 0.29) is 0 Å². The Balaban J connectivity index is 1.71. The SMILES string of the molecule is CC1CN(CC2CCC(CN)CC2)CC1C. The number of hydrogen-bond donors (Lipinski definition) is 1.